The molecule has 1 heterocycles. The molecule has 17 heavy (non-hydrogen) atoms. The Labute approximate surface area is 99.5 Å². The number of para-hydroxylation sites is 1. The number of aromatic carboxylic acids is 1. The Morgan fingerprint density at radius 1 is 1.47 bits per heavy atom. The number of aromatic nitrogens is 1. The Balaban J connectivity index is 2.28. The molecule has 0 saturated carbocycles. The van der Waals surface area contributed by atoms with Crippen LogP contribution in [0.1, 0.15) is 35.0 Å². The first-order valence-electron chi connectivity index (χ1n) is 6.02. The predicted molar refractivity (Wildman–Crippen MR) is 66.4 cm³/mol. The summed E-state index contributed by atoms with van der Waals surface area (Å²) in [7, 11) is 0. The molecule has 1 unspecified atom stereocenters. The van der Waals surface area contributed by atoms with Gasteiger partial charge in [-0.3, -0.25) is 0 Å². The van der Waals surface area contributed by atoms with E-state index in [1.807, 2.05) is 12.1 Å². The third kappa shape index (κ3) is 1.54. The molecule has 0 fully saturated rings. The van der Waals surface area contributed by atoms with E-state index in [0.717, 1.165) is 23.7 Å². The van der Waals surface area contributed by atoms with Crippen LogP contribution in [0.25, 0.3) is 10.9 Å². The van der Waals surface area contributed by atoms with Crippen LogP contribution < -0.4 is 0 Å². The van der Waals surface area contributed by atoms with E-state index >= 15 is 0 Å². The summed E-state index contributed by atoms with van der Waals surface area (Å²) >= 11 is 0. The molecule has 2 aromatic rings. The quantitative estimate of drug-likeness (QED) is 0.789. The highest BCUT2D eigenvalue weighted by Gasteiger charge is 2.21. The van der Waals surface area contributed by atoms with Gasteiger partial charge in [-0.15, -0.1) is 0 Å². The highest BCUT2D eigenvalue weighted by Crippen LogP contribution is 2.32. The van der Waals surface area contributed by atoms with Gasteiger partial charge in [0.2, 0.25) is 0 Å². The molecular weight excluding hydrogens is 214 g/mol. The number of hydrogen-bond acceptors (Lipinski definition) is 1. The number of hydrogen-bond donors (Lipinski definition) is 2. The van der Waals surface area contributed by atoms with E-state index in [1.54, 1.807) is 6.07 Å². The van der Waals surface area contributed by atoms with Crippen LogP contribution in [0.5, 0.6) is 0 Å². The molecule has 3 nitrogen and oxygen atoms in total. The summed E-state index contributed by atoms with van der Waals surface area (Å²) in [5.41, 5.74) is 3.72. The molecule has 0 radical (unpaired) electrons. The maximum Gasteiger partial charge on any atom is 0.337 e. The maximum atomic E-state index is 11.2. The predicted octanol–water partition coefficient (Wildman–Crippen LogP) is 2.99. The molecule has 0 saturated heterocycles. The molecule has 3 heteroatoms. The number of aromatic amines is 1. The molecule has 0 aliphatic heterocycles. The van der Waals surface area contributed by atoms with E-state index in [4.69, 9.17) is 0 Å². The summed E-state index contributed by atoms with van der Waals surface area (Å²) in [4.78, 5) is 14.5. The number of nitrogens with one attached hydrogen (secondary N) is 1. The van der Waals surface area contributed by atoms with Crippen molar-refractivity contribution in [2.45, 2.75) is 26.2 Å². The fourth-order valence-corrected chi connectivity index (χ4v) is 2.79. The minimum Gasteiger partial charge on any atom is -0.478 e. The average molecular weight is 229 g/mol. The molecule has 3 rings (SSSR count). The molecule has 0 spiro atoms. The van der Waals surface area contributed by atoms with Crippen molar-refractivity contribution in [2.75, 3.05) is 0 Å². The molecule has 1 aromatic heterocycles. The van der Waals surface area contributed by atoms with Gasteiger partial charge in [-0.2, -0.15) is 0 Å². The van der Waals surface area contributed by atoms with Gasteiger partial charge in [0.25, 0.3) is 0 Å². The summed E-state index contributed by atoms with van der Waals surface area (Å²) in [6.07, 6.45) is 3.27. The average Bonchev–Trinajstić information content (AvgIpc) is 2.66. The highest BCUT2D eigenvalue weighted by atomic mass is 16.4. The van der Waals surface area contributed by atoms with Gasteiger partial charge in [0.15, 0.2) is 0 Å². The van der Waals surface area contributed by atoms with Gasteiger partial charge >= 0.3 is 5.97 Å². The largest absolute Gasteiger partial charge is 0.478 e. The minimum atomic E-state index is -0.859. The van der Waals surface area contributed by atoms with Crippen molar-refractivity contribution in [1.82, 2.24) is 4.98 Å². The third-order valence-corrected chi connectivity index (χ3v) is 3.70. The monoisotopic (exact) mass is 229 g/mol. The number of rotatable bonds is 1. The fourth-order valence-electron chi connectivity index (χ4n) is 2.79. The van der Waals surface area contributed by atoms with Crippen LogP contribution in [0, 0.1) is 5.92 Å². The summed E-state index contributed by atoms with van der Waals surface area (Å²) in [5, 5.41) is 10.3. The fraction of sp³-hybridized carbons (Fsp3) is 0.357. The lowest BCUT2D eigenvalue weighted by atomic mass is 9.87. The number of benzene rings is 1. The number of H-pyrrole nitrogens is 1. The Kier molecular flexibility index (Phi) is 2.21. The minimum absolute atomic E-state index is 0.379. The zero-order valence-corrected chi connectivity index (χ0v) is 9.79. The normalized spacial score (nSPS) is 19.2. The molecule has 1 aliphatic rings. The molecule has 1 aliphatic carbocycles. The second kappa shape index (κ2) is 3.62. The topological polar surface area (TPSA) is 53.1 Å². The number of carbonyl (C=O) groups is 1. The highest BCUT2D eigenvalue weighted by molar-refractivity contribution is 6.03. The molecule has 0 amide bonds. The van der Waals surface area contributed by atoms with Crippen molar-refractivity contribution < 1.29 is 9.90 Å². The third-order valence-electron chi connectivity index (χ3n) is 3.70. The van der Waals surface area contributed by atoms with Gasteiger partial charge < -0.3 is 10.1 Å². The maximum absolute atomic E-state index is 11.2. The van der Waals surface area contributed by atoms with Gasteiger partial charge in [-0.1, -0.05) is 19.1 Å². The van der Waals surface area contributed by atoms with Crippen LogP contribution in [0.15, 0.2) is 18.2 Å². The first-order valence-corrected chi connectivity index (χ1v) is 6.02. The second-order valence-corrected chi connectivity index (χ2v) is 4.96. The molecule has 88 valence electrons. The Bertz CT molecular complexity index is 598. The zero-order chi connectivity index (χ0) is 12.0. The van der Waals surface area contributed by atoms with Crippen molar-refractivity contribution >= 4 is 16.9 Å². The van der Waals surface area contributed by atoms with Crippen LogP contribution in [-0.4, -0.2) is 16.1 Å². The first-order chi connectivity index (χ1) is 8.16. The summed E-state index contributed by atoms with van der Waals surface area (Å²) in [6.45, 7) is 2.25. The summed E-state index contributed by atoms with van der Waals surface area (Å²) < 4.78 is 0. The summed E-state index contributed by atoms with van der Waals surface area (Å²) in [5.74, 6) is -0.169. The van der Waals surface area contributed by atoms with E-state index in [-0.39, 0.29) is 0 Å². The SMILES string of the molecule is CC1CCc2[nH]c3c(C(=O)O)cccc3c2C1. The summed E-state index contributed by atoms with van der Waals surface area (Å²) in [6, 6.07) is 5.52. The lowest BCUT2D eigenvalue weighted by Crippen LogP contribution is -2.09. The lowest BCUT2D eigenvalue weighted by molar-refractivity contribution is 0.0699. The zero-order valence-electron chi connectivity index (χ0n) is 9.79. The number of carboxylic acid groups (broad SMARTS) is 1. The van der Waals surface area contributed by atoms with Crippen molar-refractivity contribution in [3.8, 4) is 0 Å². The number of carboxylic acids is 1. The Morgan fingerprint density at radius 2 is 2.29 bits per heavy atom. The standard InChI is InChI=1S/C14H15NO2/c1-8-5-6-12-11(7-8)9-3-2-4-10(14(16)17)13(9)15-12/h2-4,8,15H,5-7H2,1H3,(H,16,17). The van der Waals surface area contributed by atoms with E-state index in [9.17, 15) is 9.90 Å². The van der Waals surface area contributed by atoms with Crippen LogP contribution >= 0.6 is 0 Å². The molecule has 1 aromatic carbocycles. The first kappa shape index (κ1) is 10.4. The Hall–Kier alpha value is -1.77. The van der Waals surface area contributed by atoms with E-state index in [0.29, 0.717) is 11.5 Å². The van der Waals surface area contributed by atoms with E-state index in [1.165, 1.54) is 17.7 Å². The van der Waals surface area contributed by atoms with Crippen molar-refractivity contribution in [2.24, 2.45) is 5.92 Å². The van der Waals surface area contributed by atoms with Crippen LogP contribution in [0.2, 0.25) is 0 Å². The number of aryl methyl sites for hydroxylation is 1. The van der Waals surface area contributed by atoms with Gasteiger partial charge in [0.1, 0.15) is 0 Å². The van der Waals surface area contributed by atoms with Crippen LogP contribution in [0.3, 0.4) is 0 Å². The van der Waals surface area contributed by atoms with Crippen molar-refractivity contribution in [3.05, 3.63) is 35.0 Å². The van der Waals surface area contributed by atoms with Crippen LogP contribution in [0.4, 0.5) is 0 Å². The second-order valence-electron chi connectivity index (χ2n) is 4.96. The molecule has 0 bridgehead atoms. The molecule has 1 atom stereocenters. The van der Waals surface area contributed by atoms with E-state index < -0.39 is 5.97 Å². The van der Waals surface area contributed by atoms with Crippen molar-refractivity contribution in [1.29, 1.82) is 0 Å². The van der Waals surface area contributed by atoms with E-state index in [2.05, 4.69) is 11.9 Å². The Morgan fingerprint density at radius 3 is 3.06 bits per heavy atom. The molecular formula is C14H15NO2. The smallest absolute Gasteiger partial charge is 0.337 e. The number of fused-ring (bicyclic) bond motifs is 3. The van der Waals surface area contributed by atoms with Gasteiger partial charge in [-0.05, 0) is 36.8 Å². The molecule has 2 N–H and O–H groups in total. The van der Waals surface area contributed by atoms with Gasteiger partial charge in [0.05, 0.1) is 11.1 Å². The van der Waals surface area contributed by atoms with Gasteiger partial charge in [-0.25, -0.2) is 4.79 Å². The van der Waals surface area contributed by atoms with Crippen LogP contribution in [-0.2, 0) is 12.8 Å². The van der Waals surface area contributed by atoms with Crippen molar-refractivity contribution in [3.63, 3.8) is 0 Å². The lowest BCUT2D eigenvalue weighted by Gasteiger charge is -2.17. The van der Waals surface area contributed by atoms with Gasteiger partial charge in [0, 0.05) is 11.1 Å².